The summed E-state index contributed by atoms with van der Waals surface area (Å²) in [6, 6.07) is 6.16. The van der Waals surface area contributed by atoms with E-state index in [2.05, 4.69) is 4.74 Å². The van der Waals surface area contributed by atoms with Crippen molar-refractivity contribution in [3.63, 3.8) is 0 Å². The van der Waals surface area contributed by atoms with E-state index < -0.39 is 23.6 Å². The first kappa shape index (κ1) is 14.9. The molecule has 1 fully saturated rings. The Balaban J connectivity index is 2.33. The van der Waals surface area contributed by atoms with Crippen LogP contribution in [-0.2, 0) is 23.8 Å². The van der Waals surface area contributed by atoms with Crippen LogP contribution in [0.5, 0.6) is 5.75 Å². The lowest BCUT2D eigenvalue weighted by atomic mass is 10.0. The smallest absolute Gasteiger partial charge is 0.392 e. The van der Waals surface area contributed by atoms with Crippen molar-refractivity contribution in [3.8, 4) is 5.75 Å². The minimum absolute atomic E-state index is 0.0835. The van der Waals surface area contributed by atoms with Crippen molar-refractivity contribution < 1.29 is 28.9 Å². The second-order valence-electron chi connectivity index (χ2n) is 4.91. The molecule has 0 aromatic heterocycles. The maximum Gasteiger partial charge on any atom is 0.392 e. The molecular formula is C15H16O6. The number of aromatic hydroxyl groups is 1. The number of rotatable bonds is 3. The highest BCUT2D eigenvalue weighted by Gasteiger charge is 2.56. The molecule has 1 aromatic carbocycles. The number of phenols is 1. The second kappa shape index (κ2) is 5.47. The molecule has 0 aliphatic carbocycles. The molecule has 1 atom stereocenters. The number of methoxy groups -OCH3 is 1. The molecule has 1 aliphatic rings. The molecule has 0 unspecified atom stereocenters. The average Bonchev–Trinajstić information content (AvgIpc) is 2.79. The van der Waals surface area contributed by atoms with E-state index in [0.717, 1.165) is 0 Å². The van der Waals surface area contributed by atoms with Crippen molar-refractivity contribution >= 4 is 18.0 Å². The molecule has 1 N–H and O–H groups in total. The van der Waals surface area contributed by atoms with Crippen LogP contribution in [0.25, 0.3) is 6.08 Å². The first-order valence-corrected chi connectivity index (χ1v) is 6.40. The molecular weight excluding hydrogens is 276 g/mol. The van der Waals surface area contributed by atoms with Gasteiger partial charge in [-0.25, -0.2) is 9.59 Å². The fourth-order valence-corrected chi connectivity index (χ4v) is 1.92. The largest absolute Gasteiger partial charge is 0.508 e. The zero-order valence-electron chi connectivity index (χ0n) is 12.0. The minimum Gasteiger partial charge on any atom is -0.508 e. The summed E-state index contributed by atoms with van der Waals surface area (Å²) in [4.78, 5) is 23.8. The van der Waals surface area contributed by atoms with Gasteiger partial charge in [0.2, 0.25) is 5.76 Å². The van der Waals surface area contributed by atoms with Gasteiger partial charge in [-0.05, 0) is 23.8 Å². The fraction of sp³-hybridized carbons (Fsp3) is 0.333. The molecule has 112 valence electrons. The molecule has 1 heterocycles. The number of cyclic esters (lactones) is 1. The van der Waals surface area contributed by atoms with Gasteiger partial charge in [0.25, 0.3) is 0 Å². The molecule has 0 spiro atoms. The number of carbonyl (C=O) groups excluding carboxylic acids is 2. The average molecular weight is 292 g/mol. The quantitative estimate of drug-likeness (QED) is 0.676. The summed E-state index contributed by atoms with van der Waals surface area (Å²) in [5.74, 6) is -3.64. The monoisotopic (exact) mass is 292 g/mol. The summed E-state index contributed by atoms with van der Waals surface area (Å²) >= 11 is 0. The van der Waals surface area contributed by atoms with Gasteiger partial charge in [0.05, 0.1) is 7.11 Å². The van der Waals surface area contributed by atoms with Gasteiger partial charge in [-0.2, -0.15) is 0 Å². The SMILES string of the molecule is COC(=O)[C@]1(C(C)C)OC(=O)/C(=C/c2ccc(O)cc2)O1. The van der Waals surface area contributed by atoms with Gasteiger partial charge in [-0.15, -0.1) is 0 Å². The summed E-state index contributed by atoms with van der Waals surface area (Å²) in [6.07, 6.45) is 1.44. The minimum atomic E-state index is -1.76. The molecule has 0 bridgehead atoms. The predicted octanol–water partition coefficient (Wildman–Crippen LogP) is 1.83. The Kier molecular flexibility index (Phi) is 3.88. The maximum absolute atomic E-state index is 11.9. The molecule has 6 heteroatoms. The second-order valence-corrected chi connectivity index (χ2v) is 4.91. The highest BCUT2D eigenvalue weighted by molar-refractivity contribution is 5.97. The van der Waals surface area contributed by atoms with Crippen LogP contribution < -0.4 is 0 Å². The topological polar surface area (TPSA) is 82.1 Å². The summed E-state index contributed by atoms with van der Waals surface area (Å²) in [5, 5.41) is 9.23. The van der Waals surface area contributed by atoms with Crippen molar-refractivity contribution in [3.05, 3.63) is 35.6 Å². The Hall–Kier alpha value is -2.50. The standard InChI is InChI=1S/C15H16O6/c1-9(2)15(14(18)19-3)20-12(13(17)21-15)8-10-4-6-11(16)7-5-10/h4-9,16H,1-3H3/b12-8-/t15-/m0/s1. The van der Waals surface area contributed by atoms with Crippen LogP contribution in [0.3, 0.4) is 0 Å². The Labute approximate surface area is 121 Å². The van der Waals surface area contributed by atoms with E-state index in [1.54, 1.807) is 26.0 Å². The van der Waals surface area contributed by atoms with Crippen LogP contribution in [0.2, 0.25) is 0 Å². The van der Waals surface area contributed by atoms with E-state index in [1.807, 2.05) is 0 Å². The van der Waals surface area contributed by atoms with Gasteiger partial charge in [-0.1, -0.05) is 26.0 Å². The Bertz CT molecular complexity index is 587. The third-order valence-electron chi connectivity index (χ3n) is 3.13. The molecule has 2 rings (SSSR count). The summed E-state index contributed by atoms with van der Waals surface area (Å²) in [6.45, 7) is 3.38. The number of ether oxygens (including phenoxy) is 3. The van der Waals surface area contributed by atoms with E-state index in [-0.39, 0.29) is 11.5 Å². The van der Waals surface area contributed by atoms with Crippen molar-refractivity contribution in [2.24, 2.45) is 5.92 Å². The van der Waals surface area contributed by atoms with Gasteiger partial charge in [0.15, 0.2) is 0 Å². The Morgan fingerprint density at radius 3 is 2.43 bits per heavy atom. The van der Waals surface area contributed by atoms with Crippen LogP contribution in [0.4, 0.5) is 0 Å². The van der Waals surface area contributed by atoms with E-state index in [0.29, 0.717) is 5.56 Å². The summed E-state index contributed by atoms with van der Waals surface area (Å²) < 4.78 is 15.2. The van der Waals surface area contributed by atoms with Crippen LogP contribution in [0.15, 0.2) is 30.0 Å². The van der Waals surface area contributed by atoms with E-state index >= 15 is 0 Å². The lowest BCUT2D eigenvalue weighted by Crippen LogP contribution is -2.46. The van der Waals surface area contributed by atoms with Gasteiger partial charge >= 0.3 is 17.7 Å². The first-order chi connectivity index (χ1) is 9.89. The van der Waals surface area contributed by atoms with Crippen molar-refractivity contribution in [1.29, 1.82) is 0 Å². The molecule has 0 amide bonds. The lowest BCUT2D eigenvalue weighted by molar-refractivity contribution is -0.215. The van der Waals surface area contributed by atoms with Gasteiger partial charge < -0.3 is 19.3 Å². The molecule has 0 radical (unpaired) electrons. The Morgan fingerprint density at radius 2 is 1.90 bits per heavy atom. The maximum atomic E-state index is 11.9. The zero-order valence-corrected chi connectivity index (χ0v) is 12.0. The number of hydrogen-bond donors (Lipinski definition) is 1. The zero-order chi connectivity index (χ0) is 15.6. The van der Waals surface area contributed by atoms with E-state index in [9.17, 15) is 14.7 Å². The summed E-state index contributed by atoms with van der Waals surface area (Å²) in [5.41, 5.74) is 0.629. The van der Waals surface area contributed by atoms with Crippen molar-refractivity contribution in [2.75, 3.05) is 7.11 Å². The van der Waals surface area contributed by atoms with Crippen molar-refractivity contribution in [2.45, 2.75) is 19.6 Å². The van der Waals surface area contributed by atoms with Crippen LogP contribution >= 0.6 is 0 Å². The third kappa shape index (κ3) is 2.69. The molecule has 1 saturated heterocycles. The highest BCUT2D eigenvalue weighted by Crippen LogP contribution is 2.36. The van der Waals surface area contributed by atoms with Crippen LogP contribution in [0, 0.1) is 5.92 Å². The number of carbonyl (C=O) groups is 2. The number of phenolic OH excluding ortho intramolecular Hbond substituents is 1. The van der Waals surface area contributed by atoms with Gasteiger partial charge in [0.1, 0.15) is 5.75 Å². The van der Waals surface area contributed by atoms with Gasteiger partial charge in [0, 0.05) is 5.92 Å². The van der Waals surface area contributed by atoms with Gasteiger partial charge in [-0.3, -0.25) is 0 Å². The molecule has 1 aromatic rings. The Morgan fingerprint density at radius 1 is 1.29 bits per heavy atom. The normalized spacial score (nSPS) is 23.0. The first-order valence-electron chi connectivity index (χ1n) is 6.40. The van der Waals surface area contributed by atoms with Crippen LogP contribution in [0.1, 0.15) is 19.4 Å². The van der Waals surface area contributed by atoms with Crippen LogP contribution in [-0.4, -0.2) is 29.9 Å². The highest BCUT2D eigenvalue weighted by atomic mass is 16.8. The number of hydrogen-bond acceptors (Lipinski definition) is 6. The van der Waals surface area contributed by atoms with E-state index in [1.165, 1.54) is 25.3 Å². The molecule has 1 aliphatic heterocycles. The lowest BCUT2D eigenvalue weighted by Gasteiger charge is -2.26. The van der Waals surface area contributed by atoms with Crippen molar-refractivity contribution in [1.82, 2.24) is 0 Å². The number of esters is 2. The fourth-order valence-electron chi connectivity index (χ4n) is 1.92. The van der Waals surface area contributed by atoms with E-state index in [4.69, 9.17) is 9.47 Å². The predicted molar refractivity (Wildman–Crippen MR) is 72.8 cm³/mol. The molecule has 0 saturated carbocycles. The molecule has 6 nitrogen and oxygen atoms in total. The third-order valence-corrected chi connectivity index (χ3v) is 3.13. The number of benzene rings is 1. The molecule has 21 heavy (non-hydrogen) atoms. The summed E-state index contributed by atoms with van der Waals surface area (Å²) in [7, 11) is 1.20.